The molecule has 0 aliphatic rings. The Hall–Kier alpha value is -1.40. The summed E-state index contributed by atoms with van der Waals surface area (Å²) in [6.45, 7) is -0.481. The van der Waals surface area contributed by atoms with Gasteiger partial charge in [-0.15, -0.1) is 0 Å². The lowest BCUT2D eigenvalue weighted by Crippen LogP contribution is -2.39. The van der Waals surface area contributed by atoms with Gasteiger partial charge in [-0.25, -0.2) is 4.57 Å². The third kappa shape index (κ3) is 4.30. The Morgan fingerprint density at radius 2 is 1.36 bits per heavy atom. The van der Waals surface area contributed by atoms with E-state index in [0.717, 1.165) is 11.1 Å². The molecule has 2 heterocycles. The Balaban J connectivity index is 2.24. The zero-order valence-corrected chi connectivity index (χ0v) is 13.1. The molecule has 8 nitrogen and oxygen atoms in total. The van der Waals surface area contributed by atoms with Crippen LogP contribution in [-0.2, 0) is 15.7 Å². The summed E-state index contributed by atoms with van der Waals surface area (Å²) in [6, 6.07) is 6.97. The van der Waals surface area contributed by atoms with Crippen molar-refractivity contribution in [2.45, 2.75) is 11.9 Å². The van der Waals surface area contributed by atoms with Gasteiger partial charge in [0.2, 0.25) is 5.40 Å². The van der Waals surface area contributed by atoms with E-state index in [0.29, 0.717) is 0 Å². The molecule has 0 saturated carbocycles. The maximum absolute atomic E-state index is 11.3. The highest BCUT2D eigenvalue weighted by Gasteiger charge is 2.46. The fourth-order valence-electron chi connectivity index (χ4n) is 1.91. The average molecular weight is 345 g/mol. The Morgan fingerprint density at radius 1 is 0.909 bits per heavy atom. The third-order valence-corrected chi connectivity index (χ3v) is 6.74. The molecule has 118 valence electrons. The smallest absolute Gasteiger partial charge is 0.324 e. The van der Waals surface area contributed by atoms with E-state index < -0.39 is 27.1 Å². The van der Waals surface area contributed by atoms with Crippen LogP contribution < -0.4 is 4.57 Å². The van der Waals surface area contributed by atoms with Gasteiger partial charge in [-0.3, -0.25) is 14.1 Å². The first-order valence-corrected chi connectivity index (χ1v) is 9.54. The molecular formula is C12H15N2O6P2+. The molecule has 2 aromatic heterocycles. The maximum atomic E-state index is 11.3. The standard InChI is InChI=1S/C12H14N2O6P2/c15-21(16,17)12(22(18,19)20)9-14-7-3-11(4-8-14)10-1-5-13-6-2-10/h1-8,12H,9H2,(H3-,15,16,17,18,19,20)/p+1. The quantitative estimate of drug-likeness (QED) is 0.464. The van der Waals surface area contributed by atoms with Crippen molar-refractivity contribution in [1.29, 1.82) is 0 Å². The highest BCUT2D eigenvalue weighted by molar-refractivity contribution is 7.70. The zero-order chi connectivity index (χ0) is 16.4. The van der Waals surface area contributed by atoms with E-state index in [-0.39, 0.29) is 0 Å². The van der Waals surface area contributed by atoms with Gasteiger partial charge in [0.05, 0.1) is 0 Å². The summed E-state index contributed by atoms with van der Waals surface area (Å²) in [4.78, 5) is 40.3. The summed E-state index contributed by atoms with van der Waals surface area (Å²) in [7, 11) is -9.85. The van der Waals surface area contributed by atoms with Crippen molar-refractivity contribution in [2.75, 3.05) is 0 Å². The zero-order valence-electron chi connectivity index (χ0n) is 11.3. The molecule has 2 rings (SSSR count). The minimum absolute atomic E-state index is 0.481. The predicted molar refractivity (Wildman–Crippen MR) is 77.7 cm³/mol. The number of hydrogen-bond donors (Lipinski definition) is 4. The Bertz CT molecular complexity index is 703. The molecule has 2 aromatic rings. The van der Waals surface area contributed by atoms with Crippen molar-refractivity contribution >= 4 is 15.2 Å². The lowest BCUT2D eigenvalue weighted by molar-refractivity contribution is -0.694. The van der Waals surface area contributed by atoms with Gasteiger partial charge in [0.1, 0.15) is 0 Å². The average Bonchev–Trinajstić information content (AvgIpc) is 2.44. The van der Waals surface area contributed by atoms with E-state index >= 15 is 0 Å². The minimum Gasteiger partial charge on any atom is -0.324 e. The SMILES string of the molecule is O=P(O)(O)C(C[n+]1ccc(-c2ccncc2)cc1)P(=O)(O)O. The summed E-state index contributed by atoms with van der Waals surface area (Å²) < 4.78 is 23.8. The van der Waals surface area contributed by atoms with Crippen LogP contribution in [0.2, 0.25) is 0 Å². The van der Waals surface area contributed by atoms with Gasteiger partial charge in [-0.05, 0) is 23.3 Å². The third-order valence-electron chi connectivity index (χ3n) is 3.06. The monoisotopic (exact) mass is 345 g/mol. The number of nitrogens with zero attached hydrogens (tertiary/aromatic N) is 2. The molecule has 4 N–H and O–H groups in total. The largest absolute Gasteiger partial charge is 0.347 e. The molecule has 0 fully saturated rings. The van der Waals surface area contributed by atoms with Gasteiger partial charge < -0.3 is 19.6 Å². The summed E-state index contributed by atoms with van der Waals surface area (Å²) in [5.41, 5.74) is 1.76. The van der Waals surface area contributed by atoms with E-state index in [1.165, 1.54) is 17.0 Å². The van der Waals surface area contributed by atoms with E-state index in [1.807, 2.05) is 0 Å². The minimum atomic E-state index is -4.92. The molecule has 0 aliphatic heterocycles. The van der Waals surface area contributed by atoms with Crippen molar-refractivity contribution in [1.82, 2.24) is 4.98 Å². The molecule has 10 heteroatoms. The number of rotatable bonds is 5. The molecule has 0 unspecified atom stereocenters. The van der Waals surface area contributed by atoms with Crippen molar-refractivity contribution in [3.8, 4) is 11.1 Å². The highest BCUT2D eigenvalue weighted by Crippen LogP contribution is 2.59. The molecule has 0 amide bonds. The molecule has 22 heavy (non-hydrogen) atoms. The molecule has 0 radical (unpaired) electrons. The lowest BCUT2D eigenvalue weighted by Gasteiger charge is -2.16. The summed E-state index contributed by atoms with van der Waals surface area (Å²) >= 11 is 0. The molecule has 0 bridgehead atoms. The van der Waals surface area contributed by atoms with Crippen LogP contribution in [0.15, 0.2) is 49.1 Å². The summed E-state index contributed by atoms with van der Waals surface area (Å²) in [6.07, 6.45) is 6.28. The first-order chi connectivity index (χ1) is 10.2. The Kier molecular flexibility index (Phi) is 4.92. The van der Waals surface area contributed by atoms with Crippen molar-refractivity contribution in [2.24, 2.45) is 0 Å². The van der Waals surface area contributed by atoms with Gasteiger partial charge in [0.25, 0.3) is 0 Å². The van der Waals surface area contributed by atoms with Gasteiger partial charge in [-0.1, -0.05) is 0 Å². The van der Waals surface area contributed by atoms with Gasteiger partial charge >= 0.3 is 15.2 Å². The molecular weight excluding hydrogens is 330 g/mol. The predicted octanol–water partition coefficient (Wildman–Crippen LogP) is 0.718. The normalized spacial score (nSPS) is 12.6. The lowest BCUT2D eigenvalue weighted by atomic mass is 10.1. The second kappa shape index (κ2) is 6.38. The van der Waals surface area contributed by atoms with Gasteiger partial charge in [0, 0.05) is 24.5 Å². The van der Waals surface area contributed by atoms with Crippen LogP contribution in [0.25, 0.3) is 11.1 Å². The second-order valence-electron chi connectivity index (χ2n) is 4.68. The summed E-state index contributed by atoms with van der Waals surface area (Å²) in [5.74, 6) is 0. The fourth-order valence-corrected chi connectivity index (χ4v) is 4.28. The molecule has 0 spiro atoms. The van der Waals surface area contributed by atoms with Crippen LogP contribution in [0.4, 0.5) is 0 Å². The maximum Gasteiger partial charge on any atom is 0.347 e. The van der Waals surface area contributed by atoms with Crippen molar-refractivity contribution < 1.29 is 33.3 Å². The van der Waals surface area contributed by atoms with Crippen LogP contribution >= 0.6 is 15.2 Å². The van der Waals surface area contributed by atoms with Crippen LogP contribution in [0, 0.1) is 0 Å². The van der Waals surface area contributed by atoms with E-state index in [1.54, 1.807) is 36.7 Å². The van der Waals surface area contributed by atoms with E-state index in [2.05, 4.69) is 4.98 Å². The van der Waals surface area contributed by atoms with Gasteiger partial charge in [-0.2, -0.15) is 0 Å². The molecule has 0 aromatic carbocycles. The van der Waals surface area contributed by atoms with Gasteiger partial charge in [0.15, 0.2) is 18.9 Å². The first-order valence-electron chi connectivity index (χ1n) is 6.18. The number of pyridine rings is 2. The van der Waals surface area contributed by atoms with Crippen molar-refractivity contribution in [3.63, 3.8) is 0 Å². The number of hydrogen-bond acceptors (Lipinski definition) is 3. The highest BCUT2D eigenvalue weighted by atomic mass is 31.2. The molecule has 0 atom stereocenters. The fraction of sp³-hybridized carbons (Fsp3) is 0.167. The van der Waals surface area contributed by atoms with Crippen LogP contribution in [0.3, 0.4) is 0 Å². The van der Waals surface area contributed by atoms with Crippen LogP contribution in [-0.4, -0.2) is 30.0 Å². The van der Waals surface area contributed by atoms with Crippen molar-refractivity contribution in [3.05, 3.63) is 49.1 Å². The van der Waals surface area contributed by atoms with E-state index in [9.17, 15) is 9.13 Å². The van der Waals surface area contributed by atoms with E-state index in [4.69, 9.17) is 19.6 Å². The molecule has 0 aliphatic carbocycles. The summed E-state index contributed by atoms with van der Waals surface area (Å²) in [5, 5.41) is -2.06. The topological polar surface area (TPSA) is 132 Å². The number of aromatic nitrogens is 2. The second-order valence-corrected chi connectivity index (χ2v) is 8.69. The van der Waals surface area contributed by atoms with Crippen LogP contribution in [0.1, 0.15) is 0 Å². The Labute approximate surface area is 126 Å². The first kappa shape index (κ1) is 17.0. The van der Waals surface area contributed by atoms with Crippen LogP contribution in [0.5, 0.6) is 0 Å². The Morgan fingerprint density at radius 3 is 1.82 bits per heavy atom. The molecule has 0 saturated heterocycles.